The molecule has 1 aromatic rings. The van der Waals surface area contributed by atoms with E-state index < -0.39 is 0 Å². The molecule has 2 unspecified atom stereocenters. The summed E-state index contributed by atoms with van der Waals surface area (Å²) in [5.74, 6) is 0.778. The zero-order valence-electron chi connectivity index (χ0n) is 13.2. The molecule has 0 spiro atoms. The normalized spacial score (nSPS) is 27.7. The highest BCUT2D eigenvalue weighted by molar-refractivity contribution is 5.34. The fourth-order valence-electron chi connectivity index (χ4n) is 3.66. The van der Waals surface area contributed by atoms with Crippen molar-refractivity contribution in [3.63, 3.8) is 0 Å². The maximum atomic E-state index is 3.42. The van der Waals surface area contributed by atoms with E-state index in [9.17, 15) is 0 Å². The molecule has 1 nitrogen and oxygen atoms in total. The molecule has 0 amide bonds. The Morgan fingerprint density at radius 3 is 2.26 bits per heavy atom. The summed E-state index contributed by atoms with van der Waals surface area (Å²) in [5.41, 5.74) is 3.56. The summed E-state index contributed by atoms with van der Waals surface area (Å²) < 4.78 is 0. The smallest absolute Gasteiger partial charge is 0.0103 e. The minimum atomic E-state index is 0.246. The average molecular weight is 259 g/mol. The van der Waals surface area contributed by atoms with Crippen LogP contribution in [0.5, 0.6) is 0 Å². The van der Waals surface area contributed by atoms with Crippen molar-refractivity contribution in [1.29, 1.82) is 0 Å². The summed E-state index contributed by atoms with van der Waals surface area (Å²) in [6, 6.07) is 9.41. The van der Waals surface area contributed by atoms with Crippen LogP contribution in [0, 0.1) is 5.92 Å². The first kappa shape index (κ1) is 14.6. The highest BCUT2D eigenvalue weighted by Crippen LogP contribution is 2.45. The maximum Gasteiger partial charge on any atom is 0.0103 e. The first-order valence-corrected chi connectivity index (χ1v) is 7.66. The van der Waals surface area contributed by atoms with Gasteiger partial charge in [-0.05, 0) is 42.3 Å². The van der Waals surface area contributed by atoms with E-state index in [-0.39, 0.29) is 5.41 Å². The molecule has 0 heterocycles. The molecule has 0 aliphatic heterocycles. The summed E-state index contributed by atoms with van der Waals surface area (Å²) in [6.45, 7) is 10.4. The van der Waals surface area contributed by atoms with Gasteiger partial charge in [-0.1, -0.05) is 58.4 Å². The fourth-order valence-corrected chi connectivity index (χ4v) is 3.66. The summed E-state index contributed by atoms with van der Waals surface area (Å²) in [5, 5.41) is 3.42. The predicted octanol–water partition coefficient (Wildman–Crippen LogP) is 4.26. The van der Waals surface area contributed by atoms with Crippen molar-refractivity contribution in [2.45, 2.75) is 57.8 Å². The Hall–Kier alpha value is -0.820. The van der Waals surface area contributed by atoms with Crippen LogP contribution in [-0.4, -0.2) is 13.6 Å². The van der Waals surface area contributed by atoms with Gasteiger partial charge in [0.2, 0.25) is 0 Å². The number of hydrogen-bond donors (Lipinski definition) is 1. The van der Waals surface area contributed by atoms with Gasteiger partial charge in [-0.3, -0.25) is 0 Å². The molecule has 1 heteroatoms. The van der Waals surface area contributed by atoms with E-state index in [1.54, 1.807) is 0 Å². The van der Waals surface area contributed by atoms with Crippen LogP contribution in [0.2, 0.25) is 0 Å². The summed E-state index contributed by atoms with van der Waals surface area (Å²) >= 11 is 0. The molecule has 1 aliphatic carbocycles. The average Bonchev–Trinajstić information content (AvgIpc) is 2.72. The van der Waals surface area contributed by atoms with E-state index in [1.165, 1.54) is 30.4 Å². The van der Waals surface area contributed by atoms with Crippen LogP contribution >= 0.6 is 0 Å². The number of likely N-dealkylation sites (N-methyl/N-ethyl adjacent to an activating group) is 1. The van der Waals surface area contributed by atoms with E-state index in [2.05, 4.69) is 64.3 Å². The Kier molecular flexibility index (Phi) is 4.06. The Labute approximate surface area is 118 Å². The van der Waals surface area contributed by atoms with Crippen molar-refractivity contribution in [1.82, 2.24) is 5.32 Å². The lowest BCUT2D eigenvalue weighted by atomic mass is 9.72. The molecular weight excluding hydrogens is 230 g/mol. The number of nitrogens with one attached hydrogen (secondary N) is 1. The first-order chi connectivity index (χ1) is 8.90. The molecule has 2 atom stereocenters. The highest BCUT2D eigenvalue weighted by Gasteiger charge is 2.41. The largest absolute Gasteiger partial charge is 0.319 e. The van der Waals surface area contributed by atoms with Crippen LogP contribution in [0.25, 0.3) is 0 Å². The van der Waals surface area contributed by atoms with Crippen molar-refractivity contribution in [2.24, 2.45) is 5.92 Å². The zero-order valence-corrected chi connectivity index (χ0v) is 13.2. The third-order valence-electron chi connectivity index (χ3n) is 5.02. The molecule has 0 saturated heterocycles. The van der Waals surface area contributed by atoms with Gasteiger partial charge in [0, 0.05) is 12.0 Å². The minimum absolute atomic E-state index is 0.246. The van der Waals surface area contributed by atoms with Gasteiger partial charge in [0.25, 0.3) is 0 Å². The lowest BCUT2D eigenvalue weighted by molar-refractivity contribution is 0.326. The quantitative estimate of drug-likeness (QED) is 0.855. The number of rotatable bonds is 3. The minimum Gasteiger partial charge on any atom is -0.319 e. The molecule has 1 N–H and O–H groups in total. The third kappa shape index (κ3) is 2.72. The molecule has 1 aromatic carbocycles. The predicted molar refractivity (Wildman–Crippen MR) is 83.8 cm³/mol. The van der Waals surface area contributed by atoms with Gasteiger partial charge in [-0.15, -0.1) is 0 Å². The third-order valence-corrected chi connectivity index (χ3v) is 5.02. The van der Waals surface area contributed by atoms with E-state index in [4.69, 9.17) is 0 Å². The molecule has 19 heavy (non-hydrogen) atoms. The Balaban J connectivity index is 2.33. The standard InChI is InChI=1S/C18H29N/c1-14-7-6-12-18(14,13-19-5)16-10-8-15(9-11-16)17(2,3)4/h8-11,14,19H,6-7,12-13H2,1-5H3. The summed E-state index contributed by atoms with van der Waals surface area (Å²) in [7, 11) is 2.08. The van der Waals surface area contributed by atoms with Crippen molar-refractivity contribution < 1.29 is 0 Å². The van der Waals surface area contributed by atoms with Crippen LogP contribution in [-0.2, 0) is 10.8 Å². The SMILES string of the molecule is CNCC1(c2ccc(C(C)(C)C)cc2)CCCC1C. The highest BCUT2D eigenvalue weighted by atomic mass is 14.8. The van der Waals surface area contributed by atoms with E-state index >= 15 is 0 Å². The van der Waals surface area contributed by atoms with Gasteiger partial charge in [-0.25, -0.2) is 0 Å². The van der Waals surface area contributed by atoms with Crippen LogP contribution < -0.4 is 5.32 Å². The van der Waals surface area contributed by atoms with Crippen molar-refractivity contribution in [3.05, 3.63) is 35.4 Å². The lowest BCUT2D eigenvalue weighted by Gasteiger charge is -2.35. The molecule has 0 aromatic heterocycles. The van der Waals surface area contributed by atoms with Gasteiger partial charge in [0.1, 0.15) is 0 Å². The van der Waals surface area contributed by atoms with Crippen molar-refractivity contribution in [3.8, 4) is 0 Å². The number of benzene rings is 1. The van der Waals surface area contributed by atoms with E-state index in [0.717, 1.165) is 12.5 Å². The maximum absolute atomic E-state index is 3.42. The molecule has 106 valence electrons. The van der Waals surface area contributed by atoms with Crippen LogP contribution in [0.1, 0.15) is 58.1 Å². The Bertz CT molecular complexity index is 412. The summed E-state index contributed by atoms with van der Waals surface area (Å²) in [4.78, 5) is 0. The van der Waals surface area contributed by atoms with Crippen LogP contribution in [0.15, 0.2) is 24.3 Å². The Morgan fingerprint density at radius 2 is 1.84 bits per heavy atom. The van der Waals surface area contributed by atoms with Gasteiger partial charge >= 0.3 is 0 Å². The first-order valence-electron chi connectivity index (χ1n) is 7.66. The Morgan fingerprint density at radius 1 is 1.21 bits per heavy atom. The second-order valence-corrected chi connectivity index (χ2v) is 7.31. The van der Waals surface area contributed by atoms with Gasteiger partial charge in [-0.2, -0.15) is 0 Å². The van der Waals surface area contributed by atoms with Crippen molar-refractivity contribution >= 4 is 0 Å². The zero-order chi connectivity index (χ0) is 14.1. The van der Waals surface area contributed by atoms with Gasteiger partial charge in [0.15, 0.2) is 0 Å². The monoisotopic (exact) mass is 259 g/mol. The lowest BCUT2D eigenvalue weighted by Crippen LogP contribution is -2.39. The van der Waals surface area contributed by atoms with Crippen molar-refractivity contribution in [2.75, 3.05) is 13.6 Å². The molecule has 1 aliphatic rings. The molecule has 1 saturated carbocycles. The topological polar surface area (TPSA) is 12.0 Å². The molecule has 2 rings (SSSR count). The second-order valence-electron chi connectivity index (χ2n) is 7.31. The van der Waals surface area contributed by atoms with Gasteiger partial charge < -0.3 is 5.32 Å². The van der Waals surface area contributed by atoms with E-state index in [1.807, 2.05) is 0 Å². The molecule has 1 fully saturated rings. The fraction of sp³-hybridized carbons (Fsp3) is 0.667. The molecule has 0 radical (unpaired) electrons. The number of hydrogen-bond acceptors (Lipinski definition) is 1. The van der Waals surface area contributed by atoms with Crippen LogP contribution in [0.4, 0.5) is 0 Å². The molecular formula is C18H29N. The summed E-state index contributed by atoms with van der Waals surface area (Å²) in [6.07, 6.45) is 4.05. The second kappa shape index (κ2) is 5.28. The van der Waals surface area contributed by atoms with Gasteiger partial charge in [0.05, 0.1) is 0 Å². The van der Waals surface area contributed by atoms with Crippen LogP contribution in [0.3, 0.4) is 0 Å². The van der Waals surface area contributed by atoms with E-state index in [0.29, 0.717) is 5.41 Å². The molecule has 0 bridgehead atoms.